The molecule has 0 atom stereocenters. The molecule has 5 nitrogen and oxygen atoms in total. The van der Waals surface area contributed by atoms with Crippen molar-refractivity contribution in [2.45, 2.75) is 16.0 Å². The van der Waals surface area contributed by atoms with Crippen LogP contribution in [0.4, 0.5) is 10.5 Å². The van der Waals surface area contributed by atoms with Crippen molar-refractivity contribution in [3.63, 3.8) is 0 Å². The summed E-state index contributed by atoms with van der Waals surface area (Å²) in [4.78, 5) is 40.4. The standard InChI is InChI=1S/C22H15ClN2O3S2/c1-13-4-2-3-5-18(13)25-21(27)17(20(26)24-22(25)28)12-16-10-11-19(30-16)29-15-8-6-14(23)7-9-15/h2-12H,1H3,(H,24,26,28)/b17-12+. The summed E-state index contributed by atoms with van der Waals surface area (Å²) in [5.74, 6) is -1.34. The Morgan fingerprint density at radius 2 is 1.73 bits per heavy atom. The van der Waals surface area contributed by atoms with Gasteiger partial charge >= 0.3 is 6.03 Å². The second kappa shape index (κ2) is 8.47. The molecule has 8 heteroatoms. The number of hydrogen-bond donors (Lipinski definition) is 1. The number of aryl methyl sites for hydroxylation is 1. The molecule has 0 radical (unpaired) electrons. The molecule has 0 bridgehead atoms. The molecule has 2 aromatic carbocycles. The van der Waals surface area contributed by atoms with Crippen molar-refractivity contribution in [1.29, 1.82) is 0 Å². The molecule has 1 N–H and O–H groups in total. The molecule has 4 rings (SSSR count). The molecule has 0 unspecified atom stereocenters. The minimum Gasteiger partial charge on any atom is -0.273 e. The lowest BCUT2D eigenvalue weighted by Gasteiger charge is -2.27. The van der Waals surface area contributed by atoms with Crippen LogP contribution >= 0.6 is 34.7 Å². The molecule has 1 aliphatic heterocycles. The number of amides is 4. The lowest BCUT2D eigenvalue weighted by molar-refractivity contribution is -0.122. The maximum Gasteiger partial charge on any atom is 0.335 e. The predicted molar refractivity (Wildman–Crippen MR) is 120 cm³/mol. The number of imide groups is 2. The maximum absolute atomic E-state index is 13.0. The first-order valence-corrected chi connectivity index (χ1v) is 10.9. The first-order chi connectivity index (χ1) is 14.4. The van der Waals surface area contributed by atoms with Gasteiger partial charge in [-0.15, -0.1) is 11.3 Å². The fraction of sp³-hybridized carbons (Fsp3) is 0.0455. The largest absolute Gasteiger partial charge is 0.335 e. The highest BCUT2D eigenvalue weighted by molar-refractivity contribution is 8.01. The van der Waals surface area contributed by atoms with Gasteiger partial charge in [-0.25, -0.2) is 9.69 Å². The zero-order valence-corrected chi connectivity index (χ0v) is 18.1. The van der Waals surface area contributed by atoms with Gasteiger partial charge in [0.15, 0.2) is 0 Å². The molecule has 4 amide bonds. The smallest absolute Gasteiger partial charge is 0.273 e. The molecule has 30 heavy (non-hydrogen) atoms. The van der Waals surface area contributed by atoms with E-state index in [2.05, 4.69) is 5.32 Å². The third-order valence-corrected chi connectivity index (χ3v) is 6.80. The Kier molecular flexibility index (Phi) is 5.76. The van der Waals surface area contributed by atoms with Crippen molar-refractivity contribution in [2.24, 2.45) is 0 Å². The predicted octanol–water partition coefficient (Wildman–Crippen LogP) is 5.53. The number of carbonyl (C=O) groups is 3. The number of benzene rings is 2. The molecule has 0 spiro atoms. The summed E-state index contributed by atoms with van der Waals surface area (Å²) < 4.78 is 1.000. The molecular formula is C22H15ClN2O3S2. The topological polar surface area (TPSA) is 66.5 Å². The summed E-state index contributed by atoms with van der Waals surface area (Å²) in [6.07, 6.45) is 1.52. The summed E-state index contributed by atoms with van der Waals surface area (Å²) in [6.45, 7) is 1.80. The van der Waals surface area contributed by atoms with Gasteiger partial charge in [0.1, 0.15) is 5.57 Å². The second-order valence-electron chi connectivity index (χ2n) is 6.46. The van der Waals surface area contributed by atoms with Crippen LogP contribution in [0.25, 0.3) is 6.08 Å². The minimum absolute atomic E-state index is 0.0808. The molecule has 1 aromatic heterocycles. The van der Waals surface area contributed by atoms with Crippen molar-refractivity contribution in [1.82, 2.24) is 5.32 Å². The van der Waals surface area contributed by atoms with Crippen molar-refractivity contribution >= 4 is 64.3 Å². The Morgan fingerprint density at radius 3 is 2.47 bits per heavy atom. The molecule has 1 fully saturated rings. The zero-order chi connectivity index (χ0) is 21.3. The Hall–Kier alpha value is -2.87. The van der Waals surface area contributed by atoms with Crippen LogP contribution in [0.3, 0.4) is 0 Å². The quantitative estimate of drug-likeness (QED) is 0.416. The number of anilines is 1. The zero-order valence-electron chi connectivity index (χ0n) is 15.7. The van der Waals surface area contributed by atoms with E-state index in [4.69, 9.17) is 11.6 Å². The van der Waals surface area contributed by atoms with E-state index in [1.54, 1.807) is 36.9 Å². The van der Waals surface area contributed by atoms with Gasteiger partial charge in [0.05, 0.1) is 9.90 Å². The van der Waals surface area contributed by atoms with Gasteiger partial charge in [-0.3, -0.25) is 14.9 Å². The van der Waals surface area contributed by atoms with E-state index in [-0.39, 0.29) is 5.57 Å². The Morgan fingerprint density at radius 1 is 1.00 bits per heavy atom. The van der Waals surface area contributed by atoms with E-state index in [0.717, 1.165) is 24.4 Å². The van der Waals surface area contributed by atoms with Gasteiger partial charge < -0.3 is 0 Å². The van der Waals surface area contributed by atoms with Crippen LogP contribution in [0.15, 0.2) is 75.3 Å². The lowest BCUT2D eigenvalue weighted by atomic mass is 10.1. The number of nitrogens with zero attached hydrogens (tertiary/aromatic N) is 1. The molecule has 2 heterocycles. The fourth-order valence-electron chi connectivity index (χ4n) is 2.92. The monoisotopic (exact) mass is 454 g/mol. The van der Waals surface area contributed by atoms with Crippen LogP contribution in [0, 0.1) is 6.92 Å². The first kappa shape index (κ1) is 20.4. The van der Waals surface area contributed by atoms with E-state index in [0.29, 0.717) is 10.7 Å². The number of thiophene rings is 1. The Labute approximate surface area is 186 Å². The normalized spacial score (nSPS) is 15.6. The molecule has 3 aromatic rings. The molecule has 0 aliphatic carbocycles. The number of carbonyl (C=O) groups excluding carboxylic acids is 3. The number of halogens is 1. The molecule has 0 saturated carbocycles. The summed E-state index contributed by atoms with van der Waals surface area (Å²) in [7, 11) is 0. The van der Waals surface area contributed by atoms with Crippen molar-refractivity contribution in [2.75, 3.05) is 4.90 Å². The van der Waals surface area contributed by atoms with Gasteiger partial charge in [-0.05, 0) is 61.0 Å². The fourth-order valence-corrected chi connectivity index (χ4v) is 5.11. The minimum atomic E-state index is -0.749. The number of para-hydroxylation sites is 1. The molecule has 1 saturated heterocycles. The van der Waals surface area contributed by atoms with Gasteiger partial charge in [0, 0.05) is 14.8 Å². The van der Waals surface area contributed by atoms with Gasteiger partial charge in [0.2, 0.25) is 0 Å². The van der Waals surface area contributed by atoms with Crippen LogP contribution in [-0.2, 0) is 9.59 Å². The Balaban J connectivity index is 1.61. The third kappa shape index (κ3) is 4.18. The van der Waals surface area contributed by atoms with E-state index >= 15 is 0 Å². The molecule has 150 valence electrons. The highest BCUT2D eigenvalue weighted by Crippen LogP contribution is 2.35. The van der Waals surface area contributed by atoms with Crippen LogP contribution < -0.4 is 10.2 Å². The van der Waals surface area contributed by atoms with E-state index in [1.807, 2.05) is 42.5 Å². The maximum atomic E-state index is 13.0. The van der Waals surface area contributed by atoms with Crippen molar-refractivity contribution in [3.8, 4) is 0 Å². The number of urea groups is 1. The average Bonchev–Trinajstić information content (AvgIpc) is 3.15. The van der Waals surface area contributed by atoms with Gasteiger partial charge in [-0.1, -0.05) is 41.6 Å². The second-order valence-corrected chi connectivity index (χ2v) is 9.38. The summed E-state index contributed by atoms with van der Waals surface area (Å²) >= 11 is 8.93. The highest BCUT2D eigenvalue weighted by Gasteiger charge is 2.37. The lowest BCUT2D eigenvalue weighted by Crippen LogP contribution is -2.54. The van der Waals surface area contributed by atoms with E-state index < -0.39 is 17.8 Å². The molecule has 1 aliphatic rings. The first-order valence-electron chi connectivity index (χ1n) is 8.93. The van der Waals surface area contributed by atoms with Crippen molar-refractivity contribution < 1.29 is 14.4 Å². The van der Waals surface area contributed by atoms with Crippen LogP contribution in [0.2, 0.25) is 5.02 Å². The van der Waals surface area contributed by atoms with Crippen LogP contribution in [0.5, 0.6) is 0 Å². The third-order valence-electron chi connectivity index (χ3n) is 4.38. The SMILES string of the molecule is Cc1ccccc1N1C(=O)NC(=O)/C(=C\c2ccc(Sc3ccc(Cl)cc3)s2)C1=O. The summed E-state index contributed by atoms with van der Waals surface area (Å²) in [6, 6.07) is 17.5. The summed E-state index contributed by atoms with van der Waals surface area (Å²) in [5.41, 5.74) is 1.12. The van der Waals surface area contributed by atoms with Crippen molar-refractivity contribution in [3.05, 3.63) is 81.7 Å². The molecular weight excluding hydrogens is 440 g/mol. The number of barbiturate groups is 1. The number of rotatable bonds is 4. The van der Waals surface area contributed by atoms with Crippen LogP contribution in [-0.4, -0.2) is 17.8 Å². The average molecular weight is 455 g/mol. The van der Waals surface area contributed by atoms with E-state index in [1.165, 1.54) is 17.4 Å². The van der Waals surface area contributed by atoms with Gasteiger partial charge in [0.25, 0.3) is 11.8 Å². The Bertz CT molecular complexity index is 1190. The van der Waals surface area contributed by atoms with Gasteiger partial charge in [-0.2, -0.15) is 0 Å². The van der Waals surface area contributed by atoms with Crippen LogP contribution in [0.1, 0.15) is 10.4 Å². The van der Waals surface area contributed by atoms with E-state index in [9.17, 15) is 14.4 Å². The number of nitrogens with one attached hydrogen (secondary N) is 1. The summed E-state index contributed by atoms with van der Waals surface area (Å²) in [5, 5.41) is 2.93. The highest BCUT2D eigenvalue weighted by atomic mass is 35.5. The number of hydrogen-bond acceptors (Lipinski definition) is 5.